The Morgan fingerprint density at radius 2 is 1.71 bits per heavy atom. The molecule has 1 unspecified atom stereocenters. The van der Waals surface area contributed by atoms with Crippen LogP contribution in [0.1, 0.15) is 11.4 Å². The molecule has 0 bridgehead atoms. The van der Waals surface area contributed by atoms with E-state index in [1.54, 1.807) is 41.0 Å². The van der Waals surface area contributed by atoms with Gasteiger partial charge in [-0.2, -0.15) is 13.2 Å². The van der Waals surface area contributed by atoms with Gasteiger partial charge < -0.3 is 4.74 Å². The van der Waals surface area contributed by atoms with Crippen molar-refractivity contribution in [2.24, 2.45) is 0 Å². The quantitative estimate of drug-likeness (QED) is 0.447. The number of aromatic nitrogens is 2. The zero-order chi connectivity index (χ0) is 22.0. The predicted octanol–water partition coefficient (Wildman–Crippen LogP) is 3.86. The van der Waals surface area contributed by atoms with Crippen molar-refractivity contribution >= 4 is 19.8 Å². The third-order valence-corrected chi connectivity index (χ3v) is 8.99. The number of hydrogen-bond acceptors (Lipinski definition) is 6. The van der Waals surface area contributed by atoms with Crippen molar-refractivity contribution in [2.75, 3.05) is 13.2 Å². The van der Waals surface area contributed by atoms with E-state index in [1.807, 2.05) is 0 Å². The fraction of sp³-hybridized carbons (Fsp3) is 0.200. The fourth-order valence-electron chi connectivity index (χ4n) is 3.25. The van der Waals surface area contributed by atoms with Gasteiger partial charge in [0.05, 0.1) is 17.0 Å². The van der Waals surface area contributed by atoms with E-state index in [9.17, 15) is 21.6 Å². The average Bonchev–Trinajstić information content (AvgIpc) is 2.92. The number of nitrogens with zero attached hydrogens (tertiary/aromatic N) is 3. The van der Waals surface area contributed by atoms with E-state index >= 15 is 0 Å². The van der Waals surface area contributed by atoms with E-state index in [0.717, 1.165) is 12.1 Å². The van der Waals surface area contributed by atoms with Crippen molar-refractivity contribution in [2.45, 2.75) is 17.6 Å². The van der Waals surface area contributed by atoms with Gasteiger partial charge in [0.1, 0.15) is 18.2 Å². The van der Waals surface area contributed by atoms with E-state index in [4.69, 9.17) is 4.74 Å². The van der Waals surface area contributed by atoms with Crippen LogP contribution in [-0.2, 0) is 22.5 Å². The van der Waals surface area contributed by atoms with Crippen LogP contribution in [0.4, 0.5) is 13.2 Å². The highest BCUT2D eigenvalue weighted by atomic mass is 33.1. The van der Waals surface area contributed by atoms with Crippen molar-refractivity contribution in [3.05, 3.63) is 72.3 Å². The molecule has 1 aliphatic rings. The van der Waals surface area contributed by atoms with E-state index in [-0.39, 0.29) is 6.54 Å². The van der Waals surface area contributed by atoms with Gasteiger partial charge in [-0.25, -0.2) is 22.7 Å². The van der Waals surface area contributed by atoms with Gasteiger partial charge in [0.2, 0.25) is 0 Å². The molecule has 1 atom stereocenters. The van der Waals surface area contributed by atoms with E-state index in [1.165, 1.54) is 12.1 Å². The van der Waals surface area contributed by atoms with Crippen LogP contribution in [-0.4, -0.2) is 35.8 Å². The van der Waals surface area contributed by atoms with E-state index in [0.29, 0.717) is 40.7 Å². The van der Waals surface area contributed by atoms with Crippen LogP contribution < -0.4 is 4.74 Å². The van der Waals surface area contributed by atoms with Crippen molar-refractivity contribution < 1.29 is 26.3 Å². The minimum absolute atomic E-state index is 0.239. The lowest BCUT2D eigenvalue weighted by molar-refractivity contribution is -0.137. The summed E-state index contributed by atoms with van der Waals surface area (Å²) in [6, 6.07) is 11.5. The van der Waals surface area contributed by atoms with Gasteiger partial charge in [-0.1, -0.05) is 28.3 Å². The van der Waals surface area contributed by atoms with Crippen LogP contribution in [0.3, 0.4) is 0 Å². The lowest BCUT2D eigenvalue weighted by Crippen LogP contribution is -2.24. The molecular formula is C20H18F3N3O3S2. The van der Waals surface area contributed by atoms with Crippen LogP contribution in [0.15, 0.2) is 65.8 Å². The number of benzene rings is 2. The summed E-state index contributed by atoms with van der Waals surface area (Å²) in [6.07, 6.45) is -1.24. The molecule has 0 saturated heterocycles. The normalized spacial score (nSPS) is 18.3. The number of alkyl halides is 3. The third kappa shape index (κ3) is 4.83. The smallest absolute Gasteiger partial charge is 0.416 e. The molecule has 0 amide bonds. The highest BCUT2D eigenvalue weighted by Crippen LogP contribution is 2.49. The van der Waals surface area contributed by atoms with E-state index in [2.05, 4.69) is 9.97 Å². The molecule has 31 heavy (non-hydrogen) atoms. The van der Waals surface area contributed by atoms with Crippen LogP contribution in [0.25, 0.3) is 11.1 Å². The second-order valence-electron chi connectivity index (χ2n) is 6.69. The Labute approximate surface area is 180 Å². The average molecular weight is 470 g/mol. The molecule has 164 valence electrons. The lowest BCUT2D eigenvalue weighted by Gasteiger charge is -2.28. The lowest BCUT2D eigenvalue weighted by atomic mass is 10.0. The predicted molar refractivity (Wildman–Crippen MR) is 112 cm³/mol. The zero-order valence-electron chi connectivity index (χ0n) is 16.0. The molecule has 0 fully saturated rings. The first-order chi connectivity index (χ1) is 14.8. The molecular weight excluding hydrogens is 451 g/mol. The highest BCUT2D eigenvalue weighted by molar-refractivity contribution is 8.73. The Hall–Kier alpha value is -2.63. The number of ether oxygens (including phenoxy) is 1. The summed E-state index contributed by atoms with van der Waals surface area (Å²) >= 11 is 0. The van der Waals surface area contributed by atoms with Crippen LogP contribution >= 0.6 is 10.1 Å². The van der Waals surface area contributed by atoms with E-state index < -0.39 is 31.6 Å². The highest BCUT2D eigenvalue weighted by Gasteiger charge is 2.30. The first-order valence-corrected chi connectivity index (χ1v) is 12.4. The van der Waals surface area contributed by atoms with Gasteiger partial charge in [-0.3, -0.25) is 0 Å². The standard InChI is InChI=1S/C20H18F3N3O3S2/c21-20(22,23)16-5-2-14(3-6-16)15-4-7-17-18(12-15)30(31(27)28)26(10-11-29-17)13-19-24-8-1-9-25-19/h1-9,12,30-31H,10-11,13H2. The molecule has 4 rings (SSSR count). The Bertz CT molecular complexity index is 1130. The van der Waals surface area contributed by atoms with Crippen LogP contribution in [0.5, 0.6) is 5.75 Å². The number of rotatable bonds is 4. The Morgan fingerprint density at radius 3 is 2.35 bits per heavy atom. The molecule has 0 N–H and O–H groups in total. The van der Waals surface area contributed by atoms with Crippen molar-refractivity contribution in [1.82, 2.24) is 14.3 Å². The minimum Gasteiger partial charge on any atom is -0.491 e. The maximum absolute atomic E-state index is 12.9. The monoisotopic (exact) mass is 469 g/mol. The topological polar surface area (TPSA) is 72.4 Å². The molecule has 0 radical (unpaired) electrons. The number of fused-ring (bicyclic) bond motifs is 1. The largest absolute Gasteiger partial charge is 0.491 e. The van der Waals surface area contributed by atoms with Gasteiger partial charge in [0.25, 0.3) is 0 Å². The summed E-state index contributed by atoms with van der Waals surface area (Å²) in [7, 11) is -4.64. The second kappa shape index (κ2) is 8.85. The molecule has 0 aliphatic carbocycles. The van der Waals surface area contributed by atoms with Gasteiger partial charge >= 0.3 is 6.18 Å². The maximum Gasteiger partial charge on any atom is 0.416 e. The van der Waals surface area contributed by atoms with Crippen LogP contribution in [0, 0.1) is 0 Å². The second-order valence-corrected chi connectivity index (χ2v) is 10.9. The first kappa shape index (κ1) is 21.6. The maximum atomic E-state index is 12.9. The first-order valence-electron chi connectivity index (χ1n) is 9.22. The van der Waals surface area contributed by atoms with Crippen molar-refractivity contribution in [1.29, 1.82) is 0 Å². The molecule has 11 heteroatoms. The summed E-state index contributed by atoms with van der Waals surface area (Å²) < 4.78 is 70.7. The van der Waals surface area contributed by atoms with Gasteiger partial charge in [-0.15, -0.1) is 0 Å². The summed E-state index contributed by atoms with van der Waals surface area (Å²) in [5, 5.41) is 0. The number of thiol groups is 2. The SMILES string of the molecule is O=[SH](=O)[SH]1c2cc(-c3ccc(C(F)(F)F)cc3)ccc2OCCN1Cc1ncccn1. The minimum atomic E-state index is -4.42. The van der Waals surface area contributed by atoms with Crippen molar-refractivity contribution in [3.63, 3.8) is 0 Å². The summed E-state index contributed by atoms with van der Waals surface area (Å²) in [5.41, 5.74) is 0.417. The Balaban J connectivity index is 1.71. The molecule has 0 spiro atoms. The number of hydrogen-bond donors (Lipinski definition) is 2. The number of halogens is 3. The Morgan fingerprint density at radius 1 is 1.03 bits per heavy atom. The summed E-state index contributed by atoms with van der Waals surface area (Å²) in [6.45, 7) is 0.905. The fourth-order valence-corrected chi connectivity index (χ4v) is 7.13. The third-order valence-electron chi connectivity index (χ3n) is 4.69. The molecule has 2 aromatic carbocycles. The van der Waals surface area contributed by atoms with Gasteiger partial charge in [-0.05, 0) is 41.5 Å². The summed E-state index contributed by atoms with van der Waals surface area (Å²) in [4.78, 5) is 8.85. The summed E-state index contributed by atoms with van der Waals surface area (Å²) in [5.74, 6) is 0.951. The molecule has 0 saturated carbocycles. The van der Waals surface area contributed by atoms with Crippen molar-refractivity contribution in [3.8, 4) is 16.9 Å². The van der Waals surface area contributed by atoms with Crippen LogP contribution in [0.2, 0.25) is 0 Å². The molecule has 1 aromatic heterocycles. The van der Waals surface area contributed by atoms with Gasteiger partial charge in [0.15, 0.2) is 9.74 Å². The Kier molecular flexibility index (Phi) is 6.17. The van der Waals surface area contributed by atoms with Gasteiger partial charge in [0, 0.05) is 18.9 Å². The molecule has 2 heterocycles. The molecule has 1 aliphatic heterocycles. The zero-order valence-corrected chi connectivity index (χ0v) is 17.8. The molecule has 3 aromatic rings. The molecule has 6 nitrogen and oxygen atoms in total.